The number of ether oxygens (including phenoxy) is 2. The number of aryl methyl sites for hydroxylation is 1. The lowest BCUT2D eigenvalue weighted by atomic mass is 9.93. The fraction of sp³-hybridized carbons (Fsp3) is 0.625. The van der Waals surface area contributed by atoms with Gasteiger partial charge in [0.25, 0.3) is 0 Å². The van der Waals surface area contributed by atoms with Gasteiger partial charge < -0.3 is 14.4 Å². The summed E-state index contributed by atoms with van der Waals surface area (Å²) in [5.74, 6) is 0. The van der Waals surface area contributed by atoms with Crippen molar-refractivity contribution in [3.63, 3.8) is 0 Å². The molecule has 21 heavy (non-hydrogen) atoms. The van der Waals surface area contributed by atoms with Crippen LogP contribution in [0.5, 0.6) is 0 Å². The summed E-state index contributed by atoms with van der Waals surface area (Å²) in [6.07, 6.45) is 3.83. The van der Waals surface area contributed by atoms with Crippen LogP contribution in [0.3, 0.4) is 0 Å². The van der Waals surface area contributed by atoms with E-state index in [1.165, 1.54) is 0 Å². The largest absolute Gasteiger partial charge is 0.378 e. The maximum Gasteiger partial charge on any atom is 0.109 e. The van der Waals surface area contributed by atoms with E-state index in [9.17, 15) is 5.26 Å². The van der Waals surface area contributed by atoms with Crippen LogP contribution in [0.15, 0.2) is 12.3 Å². The van der Waals surface area contributed by atoms with Gasteiger partial charge in [-0.25, -0.2) is 0 Å². The molecule has 0 N–H and O–H groups in total. The molecule has 3 rings (SSSR count). The van der Waals surface area contributed by atoms with Gasteiger partial charge in [-0.05, 0) is 32.8 Å². The lowest BCUT2D eigenvalue weighted by Crippen LogP contribution is -2.58. The number of hydrogen-bond donors (Lipinski definition) is 0. The molecule has 0 bridgehead atoms. The third kappa shape index (κ3) is 2.87. The molecule has 0 amide bonds. The fourth-order valence-electron chi connectivity index (χ4n) is 3.35. The average molecular weight is 287 g/mol. The van der Waals surface area contributed by atoms with E-state index in [0.29, 0.717) is 12.2 Å². The van der Waals surface area contributed by atoms with Crippen molar-refractivity contribution in [2.75, 3.05) is 31.2 Å². The van der Waals surface area contributed by atoms with Gasteiger partial charge in [-0.3, -0.25) is 4.98 Å². The smallest absolute Gasteiger partial charge is 0.109 e. The van der Waals surface area contributed by atoms with Crippen molar-refractivity contribution in [2.24, 2.45) is 0 Å². The predicted octanol–water partition coefficient (Wildman–Crippen LogP) is 2.04. The van der Waals surface area contributed by atoms with Gasteiger partial charge in [0.15, 0.2) is 0 Å². The van der Waals surface area contributed by atoms with Gasteiger partial charge in [-0.15, -0.1) is 0 Å². The number of nitrogens with zero attached hydrogens (tertiary/aromatic N) is 3. The Morgan fingerprint density at radius 2 is 2.38 bits per heavy atom. The molecule has 2 aliphatic rings. The first-order chi connectivity index (χ1) is 10.1. The molecule has 112 valence electrons. The molecule has 0 saturated carbocycles. The van der Waals surface area contributed by atoms with E-state index in [1.54, 1.807) is 6.20 Å². The van der Waals surface area contributed by atoms with E-state index in [0.717, 1.165) is 43.9 Å². The molecule has 2 aliphatic heterocycles. The van der Waals surface area contributed by atoms with Gasteiger partial charge >= 0.3 is 0 Å². The normalized spacial score (nSPS) is 29.4. The molecule has 3 heterocycles. The van der Waals surface area contributed by atoms with Crippen molar-refractivity contribution in [1.82, 2.24) is 4.98 Å². The molecule has 0 unspecified atom stereocenters. The van der Waals surface area contributed by atoms with Gasteiger partial charge in [0.2, 0.25) is 0 Å². The first-order valence-corrected chi connectivity index (χ1v) is 7.49. The van der Waals surface area contributed by atoms with Crippen LogP contribution in [0.2, 0.25) is 0 Å². The maximum absolute atomic E-state index is 9.34. The lowest BCUT2D eigenvalue weighted by Gasteiger charge is -2.48. The Morgan fingerprint density at radius 1 is 1.52 bits per heavy atom. The number of nitriles is 1. The molecular formula is C16H21N3O2. The second-order valence-electron chi connectivity index (χ2n) is 6.10. The summed E-state index contributed by atoms with van der Waals surface area (Å²) in [4.78, 5) is 6.48. The van der Waals surface area contributed by atoms with Crippen molar-refractivity contribution < 1.29 is 9.47 Å². The third-order valence-electron chi connectivity index (χ3n) is 4.17. The molecule has 0 radical (unpaired) electrons. The van der Waals surface area contributed by atoms with Crippen LogP contribution in [0.4, 0.5) is 5.69 Å². The average Bonchev–Trinajstić information content (AvgIpc) is 2.47. The highest BCUT2D eigenvalue weighted by Gasteiger charge is 2.41. The molecule has 5 nitrogen and oxygen atoms in total. The van der Waals surface area contributed by atoms with Gasteiger partial charge in [-0.1, -0.05) is 0 Å². The third-order valence-corrected chi connectivity index (χ3v) is 4.17. The van der Waals surface area contributed by atoms with Gasteiger partial charge in [0.05, 0.1) is 24.0 Å². The number of hydrogen-bond acceptors (Lipinski definition) is 5. The van der Waals surface area contributed by atoms with Gasteiger partial charge in [0.1, 0.15) is 11.7 Å². The zero-order chi connectivity index (χ0) is 14.9. The molecular weight excluding hydrogens is 266 g/mol. The van der Waals surface area contributed by atoms with Crippen LogP contribution < -0.4 is 4.90 Å². The van der Waals surface area contributed by atoms with Crippen molar-refractivity contribution in [3.8, 4) is 6.07 Å². The zero-order valence-corrected chi connectivity index (χ0v) is 12.6. The summed E-state index contributed by atoms with van der Waals surface area (Å²) >= 11 is 0. The van der Waals surface area contributed by atoms with Crippen molar-refractivity contribution in [2.45, 2.75) is 38.4 Å². The van der Waals surface area contributed by atoms with Crippen molar-refractivity contribution in [3.05, 3.63) is 23.5 Å². The monoisotopic (exact) mass is 287 g/mol. The summed E-state index contributed by atoms with van der Waals surface area (Å²) in [5, 5.41) is 9.34. The minimum Gasteiger partial charge on any atom is -0.378 e. The second kappa shape index (κ2) is 5.63. The van der Waals surface area contributed by atoms with E-state index < -0.39 is 0 Å². The van der Waals surface area contributed by atoms with Crippen LogP contribution in [0.25, 0.3) is 0 Å². The van der Waals surface area contributed by atoms with E-state index >= 15 is 0 Å². The Bertz CT molecular complexity index is 561. The standard InChI is InChI=1S/C16H21N3O2/c1-12-6-15(14(7-17)8-18-12)19-9-13(2)21-16(10-19)4-3-5-20-11-16/h6,8,13H,3-5,9-11H2,1-2H3/t13-,16-/m0/s1. The summed E-state index contributed by atoms with van der Waals surface area (Å²) in [6.45, 7) is 7.06. The Labute approximate surface area is 125 Å². The molecule has 2 atom stereocenters. The SMILES string of the molecule is Cc1cc(N2C[C@H](C)O[C@@]3(CCCOC3)C2)c(C#N)cn1. The summed E-state index contributed by atoms with van der Waals surface area (Å²) in [6, 6.07) is 4.24. The molecule has 2 fully saturated rings. The number of anilines is 1. The van der Waals surface area contributed by atoms with Crippen LogP contribution in [0, 0.1) is 18.3 Å². The molecule has 1 spiro atoms. The minimum absolute atomic E-state index is 0.125. The molecule has 0 aromatic carbocycles. The van der Waals surface area contributed by atoms with Crippen LogP contribution in [0.1, 0.15) is 31.0 Å². The van der Waals surface area contributed by atoms with E-state index in [4.69, 9.17) is 9.47 Å². The Kier molecular flexibility index (Phi) is 3.83. The highest BCUT2D eigenvalue weighted by atomic mass is 16.6. The molecule has 0 aliphatic carbocycles. The van der Waals surface area contributed by atoms with Crippen LogP contribution >= 0.6 is 0 Å². The van der Waals surface area contributed by atoms with Gasteiger partial charge in [0, 0.05) is 31.6 Å². The molecule has 2 saturated heterocycles. The maximum atomic E-state index is 9.34. The first kappa shape index (κ1) is 14.3. The first-order valence-electron chi connectivity index (χ1n) is 7.49. The highest BCUT2D eigenvalue weighted by Crippen LogP contribution is 2.33. The second-order valence-corrected chi connectivity index (χ2v) is 6.10. The number of pyridine rings is 1. The Hall–Kier alpha value is -1.64. The Balaban J connectivity index is 1.91. The molecule has 1 aromatic heterocycles. The molecule has 1 aromatic rings. The van der Waals surface area contributed by atoms with Crippen LogP contribution in [-0.2, 0) is 9.47 Å². The predicted molar refractivity (Wildman–Crippen MR) is 79.2 cm³/mol. The molecule has 5 heteroatoms. The number of morpholine rings is 1. The summed E-state index contributed by atoms with van der Waals surface area (Å²) in [5.41, 5.74) is 2.28. The Morgan fingerprint density at radius 3 is 3.10 bits per heavy atom. The topological polar surface area (TPSA) is 58.4 Å². The summed E-state index contributed by atoms with van der Waals surface area (Å²) < 4.78 is 11.9. The quantitative estimate of drug-likeness (QED) is 0.791. The van der Waals surface area contributed by atoms with Crippen molar-refractivity contribution >= 4 is 5.69 Å². The van der Waals surface area contributed by atoms with Crippen LogP contribution in [-0.4, -0.2) is 43.0 Å². The minimum atomic E-state index is -0.236. The zero-order valence-electron chi connectivity index (χ0n) is 12.6. The fourth-order valence-corrected chi connectivity index (χ4v) is 3.35. The highest BCUT2D eigenvalue weighted by molar-refractivity contribution is 5.59. The van der Waals surface area contributed by atoms with E-state index in [2.05, 4.69) is 22.9 Å². The number of rotatable bonds is 1. The van der Waals surface area contributed by atoms with Crippen molar-refractivity contribution in [1.29, 1.82) is 5.26 Å². The van der Waals surface area contributed by atoms with E-state index in [-0.39, 0.29) is 11.7 Å². The van der Waals surface area contributed by atoms with Gasteiger partial charge in [-0.2, -0.15) is 5.26 Å². The summed E-state index contributed by atoms with van der Waals surface area (Å²) in [7, 11) is 0. The lowest BCUT2D eigenvalue weighted by molar-refractivity contribution is -0.160. The van der Waals surface area contributed by atoms with E-state index in [1.807, 2.05) is 13.0 Å². The number of aromatic nitrogens is 1.